The quantitative estimate of drug-likeness (QED) is 0.866. The number of benzene rings is 1. The van der Waals surface area contributed by atoms with E-state index in [1.807, 2.05) is 42.2 Å². The van der Waals surface area contributed by atoms with Gasteiger partial charge in [-0.15, -0.1) is 0 Å². The molecule has 0 spiro atoms. The summed E-state index contributed by atoms with van der Waals surface area (Å²) >= 11 is 0. The van der Waals surface area contributed by atoms with Gasteiger partial charge in [0.05, 0.1) is 12.5 Å². The Morgan fingerprint density at radius 1 is 1.33 bits per heavy atom. The number of likely N-dealkylation sites (tertiary alicyclic amines) is 1. The van der Waals surface area contributed by atoms with Gasteiger partial charge < -0.3 is 10.0 Å². The Kier molecular flexibility index (Phi) is 4.96. The second-order valence-corrected chi connectivity index (χ2v) is 5.55. The lowest BCUT2D eigenvalue weighted by atomic mass is 9.87. The number of rotatable bonds is 6. The van der Waals surface area contributed by atoms with Crippen molar-refractivity contribution in [3.05, 3.63) is 30.3 Å². The summed E-state index contributed by atoms with van der Waals surface area (Å²) in [5.74, 6) is -0.884. The second kappa shape index (κ2) is 6.72. The van der Waals surface area contributed by atoms with Crippen molar-refractivity contribution in [3.8, 4) is 0 Å². The van der Waals surface area contributed by atoms with E-state index in [4.69, 9.17) is 5.11 Å². The molecule has 114 valence electrons. The van der Waals surface area contributed by atoms with Crippen molar-refractivity contribution < 1.29 is 14.7 Å². The minimum absolute atomic E-state index is 0.0603. The van der Waals surface area contributed by atoms with Crippen LogP contribution in [0.15, 0.2) is 30.3 Å². The summed E-state index contributed by atoms with van der Waals surface area (Å²) in [5.41, 5.74) is 0.904. The smallest absolute Gasteiger partial charge is 0.306 e. The van der Waals surface area contributed by atoms with Gasteiger partial charge in [0.2, 0.25) is 5.91 Å². The predicted octanol–water partition coefficient (Wildman–Crippen LogP) is 1.69. The molecule has 1 N–H and O–H groups in total. The zero-order valence-corrected chi connectivity index (χ0v) is 12.5. The van der Waals surface area contributed by atoms with Crippen LogP contribution in [0, 0.1) is 11.8 Å². The lowest BCUT2D eigenvalue weighted by Gasteiger charge is -2.41. The summed E-state index contributed by atoms with van der Waals surface area (Å²) < 4.78 is 0. The normalized spacial score (nSPS) is 17.0. The first-order chi connectivity index (χ1) is 10.0. The fourth-order valence-electron chi connectivity index (χ4n) is 2.64. The molecule has 1 fully saturated rings. The van der Waals surface area contributed by atoms with E-state index in [0.717, 1.165) is 5.69 Å². The zero-order valence-electron chi connectivity index (χ0n) is 12.5. The van der Waals surface area contributed by atoms with E-state index in [2.05, 4.69) is 0 Å². The van der Waals surface area contributed by atoms with Crippen molar-refractivity contribution in [2.75, 3.05) is 31.1 Å². The summed E-state index contributed by atoms with van der Waals surface area (Å²) in [7, 11) is 0. The van der Waals surface area contributed by atoms with Gasteiger partial charge in [-0.1, -0.05) is 25.1 Å². The molecule has 2 rings (SSSR count). The number of hydrogen-bond acceptors (Lipinski definition) is 3. The molecule has 1 atom stereocenters. The van der Waals surface area contributed by atoms with Gasteiger partial charge in [-0.3, -0.25) is 14.5 Å². The molecule has 1 amide bonds. The number of anilines is 1. The maximum Gasteiger partial charge on any atom is 0.306 e. The largest absolute Gasteiger partial charge is 0.481 e. The fourth-order valence-corrected chi connectivity index (χ4v) is 2.64. The van der Waals surface area contributed by atoms with Crippen LogP contribution in [0.25, 0.3) is 0 Å². The number of aliphatic carboxylic acids is 1. The number of para-hydroxylation sites is 1. The van der Waals surface area contributed by atoms with E-state index < -0.39 is 5.97 Å². The third-order valence-corrected chi connectivity index (χ3v) is 4.13. The van der Waals surface area contributed by atoms with Gasteiger partial charge in [0.15, 0.2) is 0 Å². The molecule has 1 unspecified atom stereocenters. The van der Waals surface area contributed by atoms with Gasteiger partial charge in [-0.25, -0.2) is 0 Å². The van der Waals surface area contributed by atoms with Crippen LogP contribution in [0.1, 0.15) is 13.8 Å². The Hall–Kier alpha value is -1.88. The predicted molar refractivity (Wildman–Crippen MR) is 81.2 cm³/mol. The van der Waals surface area contributed by atoms with Gasteiger partial charge in [-0.2, -0.15) is 0 Å². The first-order valence-electron chi connectivity index (χ1n) is 7.33. The summed E-state index contributed by atoms with van der Waals surface area (Å²) in [6, 6.07) is 9.60. The van der Waals surface area contributed by atoms with Crippen LogP contribution >= 0.6 is 0 Å². The van der Waals surface area contributed by atoms with E-state index in [9.17, 15) is 9.59 Å². The van der Waals surface area contributed by atoms with E-state index in [0.29, 0.717) is 26.2 Å². The van der Waals surface area contributed by atoms with E-state index in [1.165, 1.54) is 0 Å². The first-order valence-corrected chi connectivity index (χ1v) is 7.33. The first kappa shape index (κ1) is 15.5. The Morgan fingerprint density at radius 2 is 1.95 bits per heavy atom. The molecule has 1 saturated heterocycles. The van der Waals surface area contributed by atoms with Crippen LogP contribution in [0.5, 0.6) is 0 Å². The van der Waals surface area contributed by atoms with Crippen molar-refractivity contribution in [2.24, 2.45) is 11.8 Å². The van der Waals surface area contributed by atoms with Gasteiger partial charge in [-0.05, 0) is 25.0 Å². The Bertz CT molecular complexity index is 498. The van der Waals surface area contributed by atoms with Crippen LogP contribution in [0.2, 0.25) is 0 Å². The number of amides is 1. The molecule has 1 aromatic rings. The van der Waals surface area contributed by atoms with Gasteiger partial charge in [0.25, 0.3) is 0 Å². The van der Waals surface area contributed by atoms with Crippen LogP contribution < -0.4 is 4.90 Å². The number of carbonyl (C=O) groups is 2. The summed E-state index contributed by atoms with van der Waals surface area (Å²) in [6.45, 7) is 6.04. The molecule has 21 heavy (non-hydrogen) atoms. The van der Waals surface area contributed by atoms with Crippen LogP contribution in [-0.4, -0.2) is 48.1 Å². The highest BCUT2D eigenvalue weighted by atomic mass is 16.4. The summed E-state index contributed by atoms with van der Waals surface area (Å²) in [5, 5.41) is 8.97. The minimum atomic E-state index is -0.759. The van der Waals surface area contributed by atoms with Crippen LogP contribution in [0.3, 0.4) is 0 Å². The topological polar surface area (TPSA) is 60.9 Å². The molecule has 1 aliphatic rings. The number of likely N-dealkylation sites (N-methyl/N-ethyl adjacent to an activating group) is 1. The van der Waals surface area contributed by atoms with E-state index in [1.54, 1.807) is 11.8 Å². The van der Waals surface area contributed by atoms with Crippen LogP contribution in [0.4, 0.5) is 5.69 Å². The number of carbonyl (C=O) groups excluding carboxylic acids is 1. The van der Waals surface area contributed by atoms with Gasteiger partial charge in [0.1, 0.15) is 0 Å². The molecule has 0 radical (unpaired) electrons. The lowest BCUT2D eigenvalue weighted by Crippen LogP contribution is -2.54. The highest BCUT2D eigenvalue weighted by molar-refractivity contribution is 5.94. The maximum absolute atomic E-state index is 12.4. The number of carboxylic acids is 1. The molecule has 0 bridgehead atoms. The standard InChI is InChI=1S/C16H22N2O3/c1-3-18(14-7-5-4-6-8-14)15(19)11-17-9-13(10-17)12(2)16(20)21/h4-8,12-13H,3,9-11H2,1-2H3,(H,20,21). The number of nitrogens with zero attached hydrogens (tertiary/aromatic N) is 2. The average Bonchev–Trinajstić information content (AvgIpc) is 2.43. The number of carboxylic acid groups (broad SMARTS) is 1. The van der Waals surface area contributed by atoms with E-state index in [-0.39, 0.29) is 17.7 Å². The summed E-state index contributed by atoms with van der Waals surface area (Å²) in [4.78, 5) is 27.0. The molecule has 0 saturated carbocycles. The monoisotopic (exact) mass is 290 g/mol. The highest BCUT2D eigenvalue weighted by Gasteiger charge is 2.35. The molecule has 0 aromatic heterocycles. The molecule has 1 aromatic carbocycles. The Morgan fingerprint density at radius 3 is 2.48 bits per heavy atom. The van der Waals surface area contributed by atoms with Crippen LogP contribution in [-0.2, 0) is 9.59 Å². The van der Waals surface area contributed by atoms with Crippen molar-refractivity contribution >= 4 is 17.6 Å². The third-order valence-electron chi connectivity index (χ3n) is 4.13. The lowest BCUT2D eigenvalue weighted by molar-refractivity contribution is -0.145. The minimum Gasteiger partial charge on any atom is -0.481 e. The molecule has 5 nitrogen and oxygen atoms in total. The molecule has 0 aliphatic carbocycles. The van der Waals surface area contributed by atoms with Gasteiger partial charge >= 0.3 is 5.97 Å². The highest BCUT2D eigenvalue weighted by Crippen LogP contribution is 2.24. The van der Waals surface area contributed by atoms with Crippen molar-refractivity contribution in [2.45, 2.75) is 13.8 Å². The van der Waals surface area contributed by atoms with Crippen molar-refractivity contribution in [1.29, 1.82) is 0 Å². The summed E-state index contributed by atoms with van der Waals surface area (Å²) in [6.07, 6.45) is 0. The zero-order chi connectivity index (χ0) is 15.4. The molecule has 5 heteroatoms. The molecule has 1 aliphatic heterocycles. The molecular weight excluding hydrogens is 268 g/mol. The molecular formula is C16H22N2O3. The van der Waals surface area contributed by atoms with Crippen molar-refractivity contribution in [1.82, 2.24) is 4.90 Å². The SMILES string of the molecule is CCN(C(=O)CN1CC(C(C)C(=O)O)C1)c1ccccc1. The Labute approximate surface area is 125 Å². The number of hydrogen-bond donors (Lipinski definition) is 1. The maximum atomic E-state index is 12.4. The third kappa shape index (κ3) is 3.61. The van der Waals surface area contributed by atoms with E-state index >= 15 is 0 Å². The fraction of sp³-hybridized carbons (Fsp3) is 0.500. The van der Waals surface area contributed by atoms with Crippen molar-refractivity contribution in [3.63, 3.8) is 0 Å². The molecule has 1 heterocycles. The van der Waals surface area contributed by atoms with Gasteiger partial charge in [0, 0.05) is 25.3 Å². The Balaban J connectivity index is 1.87. The second-order valence-electron chi connectivity index (χ2n) is 5.55. The average molecular weight is 290 g/mol.